The quantitative estimate of drug-likeness (QED) is 0.219. The second kappa shape index (κ2) is 7.99. The van der Waals surface area contributed by atoms with Crippen molar-refractivity contribution in [1.29, 1.82) is 0 Å². The fraction of sp³-hybridized carbons (Fsp3) is 0.0769. The van der Waals surface area contributed by atoms with Gasteiger partial charge in [0.05, 0.1) is 11.0 Å². The monoisotopic (exact) mass is 525 g/mol. The van der Waals surface area contributed by atoms with Gasteiger partial charge < -0.3 is 8.98 Å². The summed E-state index contributed by atoms with van der Waals surface area (Å²) in [5.74, 6) is 0. The first-order valence-electron chi connectivity index (χ1n) is 14.3. The van der Waals surface area contributed by atoms with Crippen molar-refractivity contribution in [2.45, 2.75) is 19.3 Å². The number of aromatic nitrogens is 1. The molecular formula is C39H27NO. The van der Waals surface area contributed by atoms with Gasteiger partial charge in [-0.05, 0) is 81.9 Å². The Balaban J connectivity index is 1.24. The van der Waals surface area contributed by atoms with E-state index in [4.69, 9.17) is 4.42 Å². The lowest BCUT2D eigenvalue weighted by Gasteiger charge is -2.23. The summed E-state index contributed by atoms with van der Waals surface area (Å²) in [6, 6.07) is 46.1. The van der Waals surface area contributed by atoms with E-state index in [9.17, 15) is 0 Å². The lowest BCUT2D eigenvalue weighted by Crippen LogP contribution is -2.15. The Hall–Kier alpha value is -5.08. The maximum Gasteiger partial charge on any atom is 0.135 e. The molecule has 194 valence electrons. The summed E-state index contributed by atoms with van der Waals surface area (Å²) in [6.45, 7) is 4.72. The first-order chi connectivity index (χ1) is 20.1. The minimum Gasteiger partial charge on any atom is -0.456 e. The molecule has 0 radical (unpaired) electrons. The van der Waals surface area contributed by atoms with Crippen molar-refractivity contribution in [2.24, 2.45) is 0 Å². The standard InChI is InChI=1S/C39H27NO/c1-39(2)32-23-25(16-18-27(32)29-19-21-36-37(38(29)39)30-13-7-9-15-35(30)41-36)24-17-20-34-31(22-24)28-12-6-8-14-33(28)40(34)26-10-4-3-5-11-26/h3-23H,1-2H3. The lowest BCUT2D eigenvalue weighted by atomic mass is 9.80. The van der Waals surface area contributed by atoms with Crippen LogP contribution in [0.15, 0.2) is 132 Å². The van der Waals surface area contributed by atoms with E-state index >= 15 is 0 Å². The van der Waals surface area contributed by atoms with E-state index in [1.807, 2.05) is 6.07 Å². The van der Waals surface area contributed by atoms with Gasteiger partial charge in [0.15, 0.2) is 0 Å². The first-order valence-corrected chi connectivity index (χ1v) is 14.3. The van der Waals surface area contributed by atoms with Crippen LogP contribution in [-0.2, 0) is 5.41 Å². The molecule has 41 heavy (non-hydrogen) atoms. The molecule has 0 atom stereocenters. The topological polar surface area (TPSA) is 18.1 Å². The highest BCUT2D eigenvalue weighted by Crippen LogP contribution is 2.53. The lowest BCUT2D eigenvalue weighted by molar-refractivity contribution is 0.657. The van der Waals surface area contributed by atoms with E-state index in [0.717, 1.165) is 11.2 Å². The Labute approximate surface area is 238 Å². The molecule has 6 aromatic carbocycles. The zero-order valence-corrected chi connectivity index (χ0v) is 23.0. The Morgan fingerprint density at radius 1 is 0.537 bits per heavy atom. The van der Waals surface area contributed by atoms with Crippen LogP contribution in [0.1, 0.15) is 25.0 Å². The summed E-state index contributed by atoms with van der Waals surface area (Å²) in [4.78, 5) is 0. The number of rotatable bonds is 2. The van der Waals surface area contributed by atoms with E-state index in [0.29, 0.717) is 0 Å². The third-order valence-electron chi connectivity index (χ3n) is 9.17. The normalized spacial score (nSPS) is 13.8. The van der Waals surface area contributed by atoms with Crippen LogP contribution in [0.4, 0.5) is 0 Å². The van der Waals surface area contributed by atoms with Crippen molar-refractivity contribution in [3.8, 4) is 27.9 Å². The highest BCUT2D eigenvalue weighted by atomic mass is 16.3. The summed E-state index contributed by atoms with van der Waals surface area (Å²) < 4.78 is 8.64. The van der Waals surface area contributed by atoms with Crippen LogP contribution in [0.5, 0.6) is 0 Å². The van der Waals surface area contributed by atoms with E-state index in [-0.39, 0.29) is 5.41 Å². The maximum absolute atomic E-state index is 6.27. The molecule has 1 aliphatic carbocycles. The number of hydrogen-bond donors (Lipinski definition) is 0. The van der Waals surface area contributed by atoms with Crippen molar-refractivity contribution in [1.82, 2.24) is 4.57 Å². The molecule has 0 bridgehead atoms. The van der Waals surface area contributed by atoms with Crippen LogP contribution >= 0.6 is 0 Å². The average Bonchev–Trinajstić information content (AvgIpc) is 3.63. The van der Waals surface area contributed by atoms with Gasteiger partial charge >= 0.3 is 0 Å². The second-order valence-electron chi connectivity index (χ2n) is 11.8. The van der Waals surface area contributed by atoms with Crippen LogP contribution in [0, 0.1) is 0 Å². The van der Waals surface area contributed by atoms with Crippen molar-refractivity contribution in [3.05, 3.63) is 139 Å². The minimum absolute atomic E-state index is 0.153. The zero-order chi connectivity index (χ0) is 27.3. The van der Waals surface area contributed by atoms with Gasteiger partial charge in [0.1, 0.15) is 11.2 Å². The first kappa shape index (κ1) is 22.7. The molecule has 0 unspecified atom stereocenters. The maximum atomic E-state index is 6.27. The van der Waals surface area contributed by atoms with Crippen molar-refractivity contribution < 1.29 is 4.42 Å². The average molecular weight is 526 g/mol. The number of benzene rings is 6. The van der Waals surface area contributed by atoms with Gasteiger partial charge in [0, 0.05) is 32.6 Å². The molecule has 0 saturated carbocycles. The van der Waals surface area contributed by atoms with Gasteiger partial charge in [0.2, 0.25) is 0 Å². The molecule has 2 heteroatoms. The summed E-state index contributed by atoms with van der Waals surface area (Å²) >= 11 is 0. The van der Waals surface area contributed by atoms with Crippen molar-refractivity contribution in [3.63, 3.8) is 0 Å². The Morgan fingerprint density at radius 2 is 1.22 bits per heavy atom. The molecule has 2 heterocycles. The third-order valence-corrected chi connectivity index (χ3v) is 9.17. The highest BCUT2D eigenvalue weighted by Gasteiger charge is 2.38. The molecule has 0 spiro atoms. The number of furan rings is 1. The molecule has 0 fully saturated rings. The number of hydrogen-bond acceptors (Lipinski definition) is 1. The zero-order valence-electron chi connectivity index (χ0n) is 23.0. The van der Waals surface area contributed by atoms with Crippen LogP contribution in [0.25, 0.3) is 71.7 Å². The van der Waals surface area contributed by atoms with Crippen LogP contribution in [0.3, 0.4) is 0 Å². The summed E-state index contributed by atoms with van der Waals surface area (Å²) in [6.07, 6.45) is 0. The predicted molar refractivity (Wildman–Crippen MR) is 171 cm³/mol. The summed E-state index contributed by atoms with van der Waals surface area (Å²) in [5.41, 5.74) is 13.3. The predicted octanol–water partition coefficient (Wildman–Crippen LogP) is 10.7. The van der Waals surface area contributed by atoms with Gasteiger partial charge in [-0.25, -0.2) is 0 Å². The Morgan fingerprint density at radius 3 is 2.10 bits per heavy atom. The molecule has 8 aromatic rings. The number of fused-ring (bicyclic) bond motifs is 10. The molecule has 0 N–H and O–H groups in total. The molecule has 2 nitrogen and oxygen atoms in total. The molecule has 0 aliphatic heterocycles. The molecule has 1 aliphatic rings. The largest absolute Gasteiger partial charge is 0.456 e. The van der Waals surface area contributed by atoms with Crippen molar-refractivity contribution >= 4 is 43.7 Å². The van der Waals surface area contributed by atoms with E-state index in [2.05, 4.69) is 140 Å². The van der Waals surface area contributed by atoms with Gasteiger partial charge in [-0.15, -0.1) is 0 Å². The van der Waals surface area contributed by atoms with E-state index in [1.54, 1.807) is 0 Å². The fourth-order valence-corrected chi connectivity index (χ4v) is 7.31. The molecule has 9 rings (SSSR count). The second-order valence-corrected chi connectivity index (χ2v) is 11.8. The highest BCUT2D eigenvalue weighted by molar-refractivity contribution is 6.12. The van der Waals surface area contributed by atoms with Crippen LogP contribution < -0.4 is 0 Å². The van der Waals surface area contributed by atoms with E-state index in [1.165, 1.54) is 71.6 Å². The molecule has 0 saturated heterocycles. The van der Waals surface area contributed by atoms with Crippen LogP contribution in [0.2, 0.25) is 0 Å². The van der Waals surface area contributed by atoms with Gasteiger partial charge in [-0.3, -0.25) is 0 Å². The number of nitrogens with zero attached hydrogens (tertiary/aromatic N) is 1. The SMILES string of the molecule is CC1(C)c2cc(-c3ccc4c(c3)c3ccccc3n4-c3ccccc3)ccc2-c2ccc3oc4ccccc4c3c21. The number of para-hydroxylation sites is 3. The van der Waals surface area contributed by atoms with Gasteiger partial charge in [-0.1, -0.05) is 92.7 Å². The molecular weight excluding hydrogens is 498 g/mol. The third kappa shape index (κ3) is 3.02. The van der Waals surface area contributed by atoms with Crippen molar-refractivity contribution in [2.75, 3.05) is 0 Å². The Bertz CT molecular complexity index is 2330. The van der Waals surface area contributed by atoms with Gasteiger partial charge in [0.25, 0.3) is 0 Å². The summed E-state index contributed by atoms with van der Waals surface area (Å²) in [7, 11) is 0. The van der Waals surface area contributed by atoms with Crippen LogP contribution in [-0.4, -0.2) is 4.57 Å². The molecule has 2 aromatic heterocycles. The summed E-state index contributed by atoms with van der Waals surface area (Å²) in [5, 5.41) is 4.99. The Kier molecular flexibility index (Phi) is 4.42. The smallest absolute Gasteiger partial charge is 0.135 e. The van der Waals surface area contributed by atoms with E-state index < -0.39 is 0 Å². The fourth-order valence-electron chi connectivity index (χ4n) is 7.31. The minimum atomic E-state index is -0.153. The van der Waals surface area contributed by atoms with Gasteiger partial charge in [-0.2, -0.15) is 0 Å². The molecule has 0 amide bonds.